The topological polar surface area (TPSA) is 60.8 Å². The number of hydrogen-bond donors (Lipinski definition) is 2. The molecule has 4 nitrogen and oxygen atoms in total. The van der Waals surface area contributed by atoms with E-state index in [1.807, 2.05) is 31.2 Å². The molecule has 3 aromatic rings. The summed E-state index contributed by atoms with van der Waals surface area (Å²) in [5, 5.41) is 19.7. The molecule has 0 saturated carbocycles. The van der Waals surface area contributed by atoms with Crippen molar-refractivity contribution < 1.29 is 19.4 Å². The first-order valence-corrected chi connectivity index (χ1v) is 8.75. The Bertz CT molecular complexity index is 1050. The minimum Gasteiger partial charge on any atom is -0.508 e. The predicted octanol–water partition coefficient (Wildman–Crippen LogP) is 5.02. The Labute approximate surface area is 156 Å². The van der Waals surface area contributed by atoms with Gasteiger partial charge in [0.15, 0.2) is 0 Å². The summed E-state index contributed by atoms with van der Waals surface area (Å²) in [5.74, 6) is -1.17. The van der Waals surface area contributed by atoms with Crippen molar-refractivity contribution in [2.75, 3.05) is 4.90 Å². The molecule has 1 amide bonds. The van der Waals surface area contributed by atoms with Gasteiger partial charge in [0, 0.05) is 11.6 Å². The number of phenols is 2. The molecule has 0 fully saturated rings. The molecule has 2 N–H and O–H groups in total. The number of carbonyl (C=O) groups is 1. The fourth-order valence-corrected chi connectivity index (χ4v) is 3.76. The predicted molar refractivity (Wildman–Crippen MR) is 101 cm³/mol. The van der Waals surface area contributed by atoms with Crippen LogP contribution in [0.1, 0.15) is 35.3 Å². The lowest BCUT2D eigenvalue weighted by Crippen LogP contribution is -2.37. The summed E-state index contributed by atoms with van der Waals surface area (Å²) in [7, 11) is 0. The van der Waals surface area contributed by atoms with Gasteiger partial charge in [0.25, 0.3) is 5.91 Å². The van der Waals surface area contributed by atoms with Crippen LogP contribution < -0.4 is 4.90 Å². The maximum atomic E-state index is 14.0. The first-order chi connectivity index (χ1) is 13.0. The van der Waals surface area contributed by atoms with Crippen molar-refractivity contribution in [3.63, 3.8) is 0 Å². The summed E-state index contributed by atoms with van der Waals surface area (Å²) in [6.45, 7) is 1.93. The molecule has 0 bridgehead atoms. The van der Waals surface area contributed by atoms with Crippen LogP contribution in [0, 0.1) is 5.82 Å². The summed E-state index contributed by atoms with van der Waals surface area (Å²) in [4.78, 5) is 14.9. The van der Waals surface area contributed by atoms with Crippen molar-refractivity contribution in [2.24, 2.45) is 0 Å². The molecule has 27 heavy (non-hydrogen) atoms. The normalized spacial score (nSPS) is 15.2. The third-order valence-electron chi connectivity index (χ3n) is 4.96. The molecule has 0 saturated heterocycles. The highest BCUT2D eigenvalue weighted by Crippen LogP contribution is 2.47. The summed E-state index contributed by atoms with van der Waals surface area (Å²) in [5.41, 5.74) is 3.27. The third kappa shape index (κ3) is 2.72. The molecule has 1 heterocycles. The number of fused-ring (bicyclic) bond motifs is 3. The van der Waals surface area contributed by atoms with E-state index in [0.29, 0.717) is 12.1 Å². The second-order valence-corrected chi connectivity index (χ2v) is 6.55. The Kier molecular flexibility index (Phi) is 4.07. The molecule has 1 aliphatic rings. The number of carbonyl (C=O) groups excluding carboxylic acids is 1. The van der Waals surface area contributed by atoms with Gasteiger partial charge in [0.1, 0.15) is 17.3 Å². The second-order valence-electron chi connectivity index (χ2n) is 6.55. The van der Waals surface area contributed by atoms with E-state index in [1.165, 1.54) is 24.3 Å². The smallest absolute Gasteiger partial charge is 0.262 e. The van der Waals surface area contributed by atoms with Crippen LogP contribution in [-0.4, -0.2) is 16.1 Å². The minimum absolute atomic E-state index is 0.0842. The third-order valence-corrected chi connectivity index (χ3v) is 4.96. The SMILES string of the molecule is CC[C@@H]1c2cc(F)ccc2-c2ccccc2N1C(=O)c1ccc(O)cc1O. The number of nitrogens with zero attached hydrogens (tertiary/aromatic N) is 1. The van der Waals surface area contributed by atoms with E-state index >= 15 is 0 Å². The molecule has 0 aromatic heterocycles. The highest BCUT2D eigenvalue weighted by Gasteiger charge is 2.35. The van der Waals surface area contributed by atoms with Crippen LogP contribution in [0.2, 0.25) is 0 Å². The molecule has 4 rings (SSSR count). The number of benzene rings is 3. The zero-order valence-corrected chi connectivity index (χ0v) is 14.7. The van der Waals surface area contributed by atoms with E-state index in [9.17, 15) is 19.4 Å². The second kappa shape index (κ2) is 6.43. The summed E-state index contributed by atoms with van der Waals surface area (Å²) < 4.78 is 14.0. The van der Waals surface area contributed by atoms with Crippen LogP contribution in [-0.2, 0) is 0 Å². The lowest BCUT2D eigenvalue weighted by atomic mass is 9.86. The Morgan fingerprint density at radius 3 is 2.56 bits per heavy atom. The van der Waals surface area contributed by atoms with Crippen molar-refractivity contribution >= 4 is 11.6 Å². The van der Waals surface area contributed by atoms with Crippen molar-refractivity contribution in [1.82, 2.24) is 0 Å². The number of phenolic OH excluding ortho intramolecular Hbond substituents is 2. The van der Waals surface area contributed by atoms with E-state index in [4.69, 9.17) is 0 Å². The molecular weight excluding hydrogens is 345 g/mol. The van der Waals surface area contributed by atoms with E-state index in [1.54, 1.807) is 11.0 Å². The van der Waals surface area contributed by atoms with Gasteiger partial charge in [-0.3, -0.25) is 4.79 Å². The monoisotopic (exact) mass is 363 g/mol. The molecule has 136 valence electrons. The molecule has 3 aromatic carbocycles. The Balaban J connectivity index is 1.93. The number of amides is 1. The molecule has 0 spiro atoms. The van der Waals surface area contributed by atoms with Gasteiger partial charge in [-0.1, -0.05) is 31.2 Å². The summed E-state index contributed by atoms with van der Waals surface area (Å²) in [6, 6.07) is 15.6. The van der Waals surface area contributed by atoms with Gasteiger partial charge in [0.05, 0.1) is 17.3 Å². The van der Waals surface area contributed by atoms with Crippen molar-refractivity contribution in [3.8, 4) is 22.6 Å². The quantitative estimate of drug-likeness (QED) is 0.672. The lowest BCUT2D eigenvalue weighted by molar-refractivity contribution is 0.0972. The van der Waals surface area contributed by atoms with Crippen LogP contribution in [0.5, 0.6) is 11.5 Å². The molecule has 0 aliphatic carbocycles. The van der Waals surface area contributed by atoms with Crippen LogP contribution in [0.4, 0.5) is 10.1 Å². The Morgan fingerprint density at radius 2 is 1.81 bits per heavy atom. The fourth-order valence-electron chi connectivity index (χ4n) is 3.76. The molecular formula is C22H18FNO3. The summed E-state index contributed by atoms with van der Waals surface area (Å²) >= 11 is 0. The number of anilines is 1. The fraction of sp³-hybridized carbons (Fsp3) is 0.136. The zero-order chi connectivity index (χ0) is 19.1. The number of aromatic hydroxyl groups is 2. The molecule has 0 radical (unpaired) electrons. The highest BCUT2D eigenvalue weighted by atomic mass is 19.1. The van der Waals surface area contributed by atoms with Crippen LogP contribution >= 0.6 is 0 Å². The Hall–Kier alpha value is -3.34. The highest BCUT2D eigenvalue weighted by molar-refractivity contribution is 6.11. The molecule has 1 atom stereocenters. The number of rotatable bonds is 2. The van der Waals surface area contributed by atoms with Gasteiger partial charge in [-0.15, -0.1) is 0 Å². The Morgan fingerprint density at radius 1 is 1.04 bits per heavy atom. The van der Waals surface area contributed by atoms with Gasteiger partial charge in [-0.05, 0) is 47.9 Å². The van der Waals surface area contributed by atoms with Gasteiger partial charge in [-0.25, -0.2) is 4.39 Å². The average Bonchev–Trinajstić information content (AvgIpc) is 2.66. The van der Waals surface area contributed by atoms with E-state index in [-0.39, 0.29) is 28.9 Å². The minimum atomic E-state index is -0.401. The van der Waals surface area contributed by atoms with Gasteiger partial charge >= 0.3 is 0 Å². The van der Waals surface area contributed by atoms with Crippen LogP contribution in [0.25, 0.3) is 11.1 Å². The number of hydrogen-bond acceptors (Lipinski definition) is 3. The number of halogens is 1. The first kappa shape index (κ1) is 17.1. The maximum Gasteiger partial charge on any atom is 0.262 e. The average molecular weight is 363 g/mol. The largest absolute Gasteiger partial charge is 0.508 e. The van der Waals surface area contributed by atoms with Crippen molar-refractivity contribution in [3.05, 3.63) is 77.6 Å². The number of para-hydroxylation sites is 1. The maximum absolute atomic E-state index is 14.0. The van der Waals surface area contributed by atoms with Gasteiger partial charge in [0.2, 0.25) is 0 Å². The summed E-state index contributed by atoms with van der Waals surface area (Å²) in [6.07, 6.45) is 0.579. The zero-order valence-electron chi connectivity index (χ0n) is 14.7. The van der Waals surface area contributed by atoms with Crippen molar-refractivity contribution in [1.29, 1.82) is 0 Å². The molecule has 5 heteroatoms. The first-order valence-electron chi connectivity index (χ1n) is 8.75. The van der Waals surface area contributed by atoms with Gasteiger partial charge < -0.3 is 15.1 Å². The van der Waals surface area contributed by atoms with E-state index in [2.05, 4.69) is 0 Å². The van der Waals surface area contributed by atoms with Gasteiger partial charge in [-0.2, -0.15) is 0 Å². The molecule has 0 unspecified atom stereocenters. The standard InChI is InChI=1S/C22H18FNO3/c1-2-19-18-11-13(23)7-9-15(18)16-5-3-4-6-20(16)24(19)22(27)17-10-8-14(25)12-21(17)26/h3-12,19,25-26H,2H2,1H3/t19-/m1/s1. The van der Waals surface area contributed by atoms with Crippen molar-refractivity contribution in [2.45, 2.75) is 19.4 Å². The lowest BCUT2D eigenvalue weighted by Gasteiger charge is -2.38. The van der Waals surface area contributed by atoms with Crippen LogP contribution in [0.15, 0.2) is 60.7 Å². The van der Waals surface area contributed by atoms with E-state index in [0.717, 1.165) is 22.8 Å². The molecule has 1 aliphatic heterocycles. The van der Waals surface area contributed by atoms with E-state index < -0.39 is 5.91 Å². The van der Waals surface area contributed by atoms with Crippen LogP contribution in [0.3, 0.4) is 0 Å².